The van der Waals surface area contributed by atoms with Gasteiger partial charge in [0.2, 0.25) is 5.91 Å². The lowest BCUT2D eigenvalue weighted by atomic mass is 9.98. The molecule has 0 aromatic heterocycles. The average molecular weight is 208 g/mol. The van der Waals surface area contributed by atoms with Crippen molar-refractivity contribution < 1.29 is 4.79 Å². The van der Waals surface area contributed by atoms with Crippen molar-refractivity contribution in [3.8, 4) is 12.3 Å². The van der Waals surface area contributed by atoms with Crippen LogP contribution in [0, 0.1) is 24.2 Å². The van der Waals surface area contributed by atoms with Gasteiger partial charge in [-0.25, -0.2) is 0 Å². The molecular formula is C12H20N2O. The molecular weight excluding hydrogens is 188 g/mol. The van der Waals surface area contributed by atoms with Crippen LogP contribution < -0.4 is 10.6 Å². The Balaban J connectivity index is 2.08. The lowest BCUT2D eigenvalue weighted by molar-refractivity contribution is -0.120. The molecule has 1 amide bonds. The van der Waals surface area contributed by atoms with E-state index in [0.29, 0.717) is 19.0 Å². The van der Waals surface area contributed by atoms with E-state index >= 15 is 0 Å². The summed E-state index contributed by atoms with van der Waals surface area (Å²) in [7, 11) is 0. The lowest BCUT2D eigenvalue weighted by Crippen LogP contribution is -2.37. The summed E-state index contributed by atoms with van der Waals surface area (Å²) in [5.74, 6) is 3.90. The quantitative estimate of drug-likeness (QED) is 0.517. The number of carbonyl (C=O) groups excluding carboxylic acids is 1. The SMILES string of the molecule is C#CCNCC(=O)NCC1CCCC1C. The van der Waals surface area contributed by atoms with Crippen molar-refractivity contribution in [3.63, 3.8) is 0 Å². The number of hydrogen-bond donors (Lipinski definition) is 2. The fraction of sp³-hybridized carbons (Fsp3) is 0.750. The Morgan fingerprint density at radius 3 is 2.93 bits per heavy atom. The molecule has 0 saturated heterocycles. The number of rotatable bonds is 5. The van der Waals surface area contributed by atoms with Crippen LogP contribution in [0.1, 0.15) is 26.2 Å². The first-order valence-corrected chi connectivity index (χ1v) is 5.65. The summed E-state index contributed by atoms with van der Waals surface area (Å²) in [6, 6.07) is 0. The van der Waals surface area contributed by atoms with Crippen molar-refractivity contribution in [2.45, 2.75) is 26.2 Å². The van der Waals surface area contributed by atoms with E-state index in [9.17, 15) is 4.79 Å². The fourth-order valence-corrected chi connectivity index (χ4v) is 2.08. The molecule has 0 aromatic rings. The van der Waals surface area contributed by atoms with Gasteiger partial charge in [-0.1, -0.05) is 25.7 Å². The van der Waals surface area contributed by atoms with Gasteiger partial charge in [-0.3, -0.25) is 10.1 Å². The number of terminal acetylenes is 1. The summed E-state index contributed by atoms with van der Waals surface area (Å²) in [6.07, 6.45) is 8.92. The van der Waals surface area contributed by atoms with Gasteiger partial charge in [0.05, 0.1) is 13.1 Å². The first-order chi connectivity index (χ1) is 7.24. The van der Waals surface area contributed by atoms with Crippen molar-refractivity contribution >= 4 is 5.91 Å². The molecule has 0 bridgehead atoms. The molecule has 3 heteroatoms. The molecule has 1 aliphatic rings. The highest BCUT2D eigenvalue weighted by Crippen LogP contribution is 2.30. The highest BCUT2D eigenvalue weighted by atomic mass is 16.1. The predicted molar refractivity (Wildman–Crippen MR) is 61.2 cm³/mol. The number of amides is 1. The molecule has 84 valence electrons. The Bertz CT molecular complexity index is 244. The second kappa shape index (κ2) is 6.47. The van der Waals surface area contributed by atoms with E-state index in [1.54, 1.807) is 0 Å². The molecule has 1 aliphatic carbocycles. The van der Waals surface area contributed by atoms with Crippen LogP contribution in [0.5, 0.6) is 0 Å². The van der Waals surface area contributed by atoms with Crippen molar-refractivity contribution in [1.82, 2.24) is 10.6 Å². The van der Waals surface area contributed by atoms with E-state index in [1.165, 1.54) is 19.3 Å². The minimum absolute atomic E-state index is 0.0457. The summed E-state index contributed by atoms with van der Waals surface area (Å²) in [5, 5.41) is 5.82. The minimum Gasteiger partial charge on any atom is -0.355 e. The van der Waals surface area contributed by atoms with Gasteiger partial charge in [0.1, 0.15) is 0 Å². The molecule has 1 saturated carbocycles. The van der Waals surface area contributed by atoms with Crippen molar-refractivity contribution in [2.24, 2.45) is 11.8 Å². The van der Waals surface area contributed by atoms with E-state index in [2.05, 4.69) is 23.5 Å². The molecule has 0 aromatic carbocycles. The van der Waals surface area contributed by atoms with Crippen LogP contribution >= 0.6 is 0 Å². The van der Waals surface area contributed by atoms with Gasteiger partial charge in [0, 0.05) is 6.54 Å². The average Bonchev–Trinajstić information content (AvgIpc) is 2.61. The van der Waals surface area contributed by atoms with E-state index in [-0.39, 0.29) is 5.91 Å². The molecule has 15 heavy (non-hydrogen) atoms. The van der Waals surface area contributed by atoms with Crippen LogP contribution in [-0.4, -0.2) is 25.5 Å². The summed E-state index contributed by atoms with van der Waals surface area (Å²) < 4.78 is 0. The van der Waals surface area contributed by atoms with Crippen LogP contribution in [0.3, 0.4) is 0 Å². The molecule has 1 fully saturated rings. The molecule has 2 N–H and O–H groups in total. The minimum atomic E-state index is 0.0457. The molecule has 0 aliphatic heterocycles. The maximum absolute atomic E-state index is 11.3. The van der Waals surface area contributed by atoms with E-state index < -0.39 is 0 Å². The molecule has 0 radical (unpaired) electrons. The third-order valence-corrected chi connectivity index (χ3v) is 3.11. The fourth-order valence-electron chi connectivity index (χ4n) is 2.08. The van der Waals surface area contributed by atoms with Gasteiger partial charge in [-0.05, 0) is 18.3 Å². The summed E-state index contributed by atoms with van der Waals surface area (Å²) >= 11 is 0. The standard InChI is InChI=1S/C12H20N2O/c1-3-7-13-9-12(15)14-8-11-6-4-5-10(11)2/h1,10-11,13H,4-9H2,2H3,(H,14,15). The third-order valence-electron chi connectivity index (χ3n) is 3.11. The molecule has 1 rings (SSSR count). The van der Waals surface area contributed by atoms with Crippen LogP contribution in [0.4, 0.5) is 0 Å². The first kappa shape index (κ1) is 12.1. The molecule has 2 unspecified atom stereocenters. The van der Waals surface area contributed by atoms with Gasteiger partial charge in [-0.2, -0.15) is 0 Å². The van der Waals surface area contributed by atoms with Gasteiger partial charge in [0.25, 0.3) is 0 Å². The van der Waals surface area contributed by atoms with E-state index in [1.807, 2.05) is 0 Å². The Hall–Kier alpha value is -1.01. The zero-order chi connectivity index (χ0) is 11.1. The first-order valence-electron chi connectivity index (χ1n) is 5.65. The van der Waals surface area contributed by atoms with Gasteiger partial charge >= 0.3 is 0 Å². The second-order valence-corrected chi connectivity index (χ2v) is 4.28. The Morgan fingerprint density at radius 2 is 2.33 bits per heavy atom. The monoisotopic (exact) mass is 208 g/mol. The van der Waals surface area contributed by atoms with Crippen LogP contribution in [0.15, 0.2) is 0 Å². The summed E-state index contributed by atoms with van der Waals surface area (Å²) in [4.78, 5) is 11.3. The second-order valence-electron chi connectivity index (χ2n) is 4.28. The highest BCUT2D eigenvalue weighted by Gasteiger charge is 2.23. The van der Waals surface area contributed by atoms with Gasteiger partial charge in [-0.15, -0.1) is 6.42 Å². The number of hydrogen-bond acceptors (Lipinski definition) is 2. The zero-order valence-electron chi connectivity index (χ0n) is 9.38. The molecule has 0 heterocycles. The highest BCUT2D eigenvalue weighted by molar-refractivity contribution is 5.77. The molecule has 2 atom stereocenters. The van der Waals surface area contributed by atoms with Crippen LogP contribution in [-0.2, 0) is 4.79 Å². The summed E-state index contributed by atoms with van der Waals surface area (Å²) in [6.45, 7) is 3.86. The van der Waals surface area contributed by atoms with Crippen molar-refractivity contribution in [1.29, 1.82) is 0 Å². The maximum Gasteiger partial charge on any atom is 0.233 e. The van der Waals surface area contributed by atoms with Gasteiger partial charge in [0.15, 0.2) is 0 Å². The Morgan fingerprint density at radius 1 is 1.53 bits per heavy atom. The van der Waals surface area contributed by atoms with Gasteiger partial charge < -0.3 is 5.32 Å². The van der Waals surface area contributed by atoms with Crippen molar-refractivity contribution in [2.75, 3.05) is 19.6 Å². The lowest BCUT2D eigenvalue weighted by Gasteiger charge is -2.15. The van der Waals surface area contributed by atoms with Crippen LogP contribution in [0.25, 0.3) is 0 Å². The molecule has 3 nitrogen and oxygen atoms in total. The summed E-state index contributed by atoms with van der Waals surface area (Å²) in [5.41, 5.74) is 0. The van der Waals surface area contributed by atoms with E-state index in [0.717, 1.165) is 12.5 Å². The zero-order valence-corrected chi connectivity index (χ0v) is 9.38. The Kier molecular flexibility index (Phi) is 5.20. The Labute approximate surface area is 92.0 Å². The number of carbonyl (C=O) groups is 1. The van der Waals surface area contributed by atoms with Crippen LogP contribution in [0.2, 0.25) is 0 Å². The van der Waals surface area contributed by atoms with E-state index in [4.69, 9.17) is 6.42 Å². The normalized spacial score (nSPS) is 24.8. The predicted octanol–water partition coefficient (Wildman–Crippen LogP) is 0.762. The topological polar surface area (TPSA) is 41.1 Å². The van der Waals surface area contributed by atoms with Crippen molar-refractivity contribution in [3.05, 3.63) is 0 Å². The number of nitrogens with one attached hydrogen (secondary N) is 2. The maximum atomic E-state index is 11.3. The molecule has 0 spiro atoms. The largest absolute Gasteiger partial charge is 0.355 e. The smallest absolute Gasteiger partial charge is 0.233 e. The third kappa shape index (κ3) is 4.35.